The molecular weight excluding hydrogens is 202 g/mol. The van der Waals surface area contributed by atoms with Crippen molar-refractivity contribution in [3.05, 3.63) is 0 Å². The Balaban J connectivity index is 1.94. The number of aliphatic carboxylic acids is 1. The lowest BCUT2D eigenvalue weighted by molar-refractivity contribution is -0.139. The van der Waals surface area contributed by atoms with E-state index in [-0.39, 0.29) is 0 Å². The zero-order valence-electron chi connectivity index (χ0n) is 9.90. The zero-order chi connectivity index (χ0) is 11.5. The Labute approximate surface area is 97.4 Å². The molecule has 0 saturated heterocycles. The Kier molecular flexibility index (Phi) is 3.85. The summed E-state index contributed by atoms with van der Waals surface area (Å²) in [6, 6.07) is -0.648. The standard InChI is InChI=1S/C13H23NO2/c14-12(13(15)16)8-10-6-3-5-9-4-1-2-7-11(9)10/h9-12H,1-8,14H2,(H,15,16)/t9?,10?,11?,12-/m0/s1. The summed E-state index contributed by atoms with van der Waals surface area (Å²) in [6.07, 6.45) is 9.91. The van der Waals surface area contributed by atoms with E-state index in [1.807, 2.05) is 0 Å². The number of hydrogen-bond acceptors (Lipinski definition) is 2. The van der Waals surface area contributed by atoms with Gasteiger partial charge in [0, 0.05) is 0 Å². The fraction of sp³-hybridized carbons (Fsp3) is 0.923. The van der Waals surface area contributed by atoms with Crippen molar-refractivity contribution in [1.29, 1.82) is 0 Å². The van der Waals surface area contributed by atoms with Gasteiger partial charge in [0.2, 0.25) is 0 Å². The summed E-state index contributed by atoms with van der Waals surface area (Å²) in [6.45, 7) is 0. The van der Waals surface area contributed by atoms with E-state index in [1.54, 1.807) is 0 Å². The summed E-state index contributed by atoms with van der Waals surface area (Å²) in [5.41, 5.74) is 5.67. The van der Waals surface area contributed by atoms with Gasteiger partial charge in [-0.3, -0.25) is 4.79 Å². The smallest absolute Gasteiger partial charge is 0.320 e. The molecule has 3 heteroatoms. The molecule has 2 aliphatic rings. The van der Waals surface area contributed by atoms with Crippen LogP contribution in [0.5, 0.6) is 0 Å². The van der Waals surface area contributed by atoms with E-state index >= 15 is 0 Å². The van der Waals surface area contributed by atoms with Crippen LogP contribution in [0, 0.1) is 17.8 Å². The van der Waals surface area contributed by atoms with Crippen LogP contribution in [-0.2, 0) is 4.79 Å². The molecule has 2 aliphatic carbocycles. The first-order chi connectivity index (χ1) is 7.68. The maximum absolute atomic E-state index is 10.8. The van der Waals surface area contributed by atoms with Crippen molar-refractivity contribution in [1.82, 2.24) is 0 Å². The van der Waals surface area contributed by atoms with E-state index in [4.69, 9.17) is 10.8 Å². The lowest BCUT2D eigenvalue weighted by Gasteiger charge is -2.42. The molecule has 92 valence electrons. The van der Waals surface area contributed by atoms with Gasteiger partial charge >= 0.3 is 5.97 Å². The summed E-state index contributed by atoms with van der Waals surface area (Å²) in [7, 11) is 0. The Morgan fingerprint density at radius 3 is 2.62 bits per heavy atom. The number of nitrogens with two attached hydrogens (primary N) is 1. The summed E-state index contributed by atoms with van der Waals surface area (Å²) in [4.78, 5) is 10.8. The molecule has 0 bridgehead atoms. The van der Waals surface area contributed by atoms with E-state index in [0.717, 1.165) is 11.8 Å². The molecule has 4 atom stereocenters. The van der Waals surface area contributed by atoms with Gasteiger partial charge in [-0.1, -0.05) is 38.5 Å². The van der Waals surface area contributed by atoms with Crippen LogP contribution in [0.15, 0.2) is 0 Å². The monoisotopic (exact) mass is 225 g/mol. The Bertz CT molecular complexity index is 252. The third-order valence-electron chi connectivity index (χ3n) is 4.60. The average Bonchev–Trinajstić information content (AvgIpc) is 2.29. The molecule has 2 saturated carbocycles. The van der Waals surface area contributed by atoms with Gasteiger partial charge in [-0.05, 0) is 30.6 Å². The highest BCUT2D eigenvalue weighted by molar-refractivity contribution is 5.73. The molecule has 3 nitrogen and oxygen atoms in total. The van der Waals surface area contributed by atoms with Gasteiger partial charge < -0.3 is 10.8 Å². The molecule has 0 spiro atoms. The van der Waals surface area contributed by atoms with Crippen molar-refractivity contribution in [3.63, 3.8) is 0 Å². The highest BCUT2D eigenvalue weighted by atomic mass is 16.4. The predicted molar refractivity (Wildman–Crippen MR) is 63.0 cm³/mol. The minimum Gasteiger partial charge on any atom is -0.480 e. The maximum atomic E-state index is 10.8. The average molecular weight is 225 g/mol. The molecule has 3 unspecified atom stereocenters. The second-order valence-corrected chi connectivity index (χ2v) is 5.58. The molecule has 0 heterocycles. The first kappa shape index (κ1) is 11.9. The SMILES string of the molecule is N[C@@H](CC1CCCC2CCCCC21)C(=O)O. The number of fused-ring (bicyclic) bond motifs is 1. The van der Waals surface area contributed by atoms with E-state index in [2.05, 4.69) is 0 Å². The molecule has 0 amide bonds. The van der Waals surface area contributed by atoms with Gasteiger partial charge in [0.15, 0.2) is 0 Å². The third kappa shape index (κ3) is 2.57. The lowest BCUT2D eigenvalue weighted by atomic mass is 9.64. The van der Waals surface area contributed by atoms with Gasteiger partial charge in [-0.25, -0.2) is 0 Å². The highest BCUT2D eigenvalue weighted by Crippen LogP contribution is 2.45. The first-order valence-corrected chi connectivity index (χ1v) is 6.67. The van der Waals surface area contributed by atoms with Crippen LogP contribution in [-0.4, -0.2) is 17.1 Å². The summed E-state index contributed by atoms with van der Waals surface area (Å²) >= 11 is 0. The van der Waals surface area contributed by atoms with Crippen molar-refractivity contribution in [2.75, 3.05) is 0 Å². The minimum absolute atomic E-state index is 0.574. The van der Waals surface area contributed by atoms with Crippen LogP contribution in [0.4, 0.5) is 0 Å². The first-order valence-electron chi connectivity index (χ1n) is 6.67. The second kappa shape index (κ2) is 5.17. The Morgan fingerprint density at radius 1 is 1.19 bits per heavy atom. The molecular formula is C13H23NO2. The Morgan fingerprint density at radius 2 is 1.88 bits per heavy atom. The molecule has 0 radical (unpaired) electrons. The van der Waals surface area contributed by atoms with E-state index < -0.39 is 12.0 Å². The minimum atomic E-state index is -0.835. The van der Waals surface area contributed by atoms with E-state index in [9.17, 15) is 4.79 Å². The van der Waals surface area contributed by atoms with Crippen LogP contribution in [0.25, 0.3) is 0 Å². The van der Waals surface area contributed by atoms with Gasteiger partial charge in [-0.2, -0.15) is 0 Å². The lowest BCUT2D eigenvalue weighted by Crippen LogP contribution is -2.38. The second-order valence-electron chi connectivity index (χ2n) is 5.58. The van der Waals surface area contributed by atoms with Crippen LogP contribution >= 0.6 is 0 Å². The number of carbonyl (C=O) groups is 1. The van der Waals surface area contributed by atoms with Crippen molar-refractivity contribution < 1.29 is 9.90 Å². The van der Waals surface area contributed by atoms with E-state index in [0.29, 0.717) is 12.3 Å². The van der Waals surface area contributed by atoms with Gasteiger partial charge in [0.05, 0.1) is 0 Å². The maximum Gasteiger partial charge on any atom is 0.320 e. The molecule has 0 aliphatic heterocycles. The molecule has 0 aromatic rings. The number of hydrogen-bond donors (Lipinski definition) is 2. The molecule has 16 heavy (non-hydrogen) atoms. The third-order valence-corrected chi connectivity index (χ3v) is 4.60. The molecule has 2 rings (SSSR count). The van der Waals surface area contributed by atoms with E-state index in [1.165, 1.54) is 44.9 Å². The number of carboxylic acids is 1. The molecule has 0 aromatic carbocycles. The van der Waals surface area contributed by atoms with Crippen molar-refractivity contribution in [2.24, 2.45) is 23.5 Å². The number of carboxylic acid groups (broad SMARTS) is 1. The number of rotatable bonds is 3. The zero-order valence-corrected chi connectivity index (χ0v) is 9.90. The van der Waals surface area contributed by atoms with Crippen molar-refractivity contribution in [2.45, 2.75) is 57.4 Å². The van der Waals surface area contributed by atoms with Crippen LogP contribution in [0.2, 0.25) is 0 Å². The molecule has 0 aromatic heterocycles. The Hall–Kier alpha value is -0.570. The highest BCUT2D eigenvalue weighted by Gasteiger charge is 2.36. The summed E-state index contributed by atoms with van der Waals surface area (Å²) in [5.74, 6) is 1.38. The van der Waals surface area contributed by atoms with Crippen molar-refractivity contribution in [3.8, 4) is 0 Å². The normalized spacial score (nSPS) is 36.4. The summed E-state index contributed by atoms with van der Waals surface area (Å²) < 4.78 is 0. The van der Waals surface area contributed by atoms with Gasteiger partial charge in [-0.15, -0.1) is 0 Å². The van der Waals surface area contributed by atoms with Crippen LogP contribution in [0.1, 0.15) is 51.4 Å². The van der Waals surface area contributed by atoms with Crippen LogP contribution < -0.4 is 5.73 Å². The largest absolute Gasteiger partial charge is 0.480 e. The molecule has 2 fully saturated rings. The van der Waals surface area contributed by atoms with Gasteiger partial charge in [0.25, 0.3) is 0 Å². The predicted octanol–water partition coefficient (Wildman–Crippen LogP) is 2.39. The topological polar surface area (TPSA) is 63.3 Å². The van der Waals surface area contributed by atoms with Crippen molar-refractivity contribution >= 4 is 5.97 Å². The quantitative estimate of drug-likeness (QED) is 0.775. The van der Waals surface area contributed by atoms with Crippen LogP contribution in [0.3, 0.4) is 0 Å². The molecule has 3 N–H and O–H groups in total. The fourth-order valence-corrected chi connectivity index (χ4v) is 3.79. The van der Waals surface area contributed by atoms with Gasteiger partial charge in [0.1, 0.15) is 6.04 Å². The summed E-state index contributed by atoms with van der Waals surface area (Å²) in [5, 5.41) is 8.88. The fourth-order valence-electron chi connectivity index (χ4n) is 3.79.